The van der Waals surface area contributed by atoms with Gasteiger partial charge in [0.1, 0.15) is 5.78 Å². The van der Waals surface area contributed by atoms with E-state index in [-0.39, 0.29) is 18.1 Å². The van der Waals surface area contributed by atoms with Gasteiger partial charge in [0.15, 0.2) is 0 Å². The van der Waals surface area contributed by atoms with E-state index in [9.17, 15) is 9.59 Å². The Hall–Kier alpha value is -0.900. The van der Waals surface area contributed by atoms with Gasteiger partial charge in [0.2, 0.25) is 5.91 Å². The molecule has 1 saturated heterocycles. The molecule has 0 bridgehead atoms. The van der Waals surface area contributed by atoms with Crippen LogP contribution in [-0.2, 0) is 14.3 Å². The maximum atomic E-state index is 11.7. The van der Waals surface area contributed by atoms with Crippen LogP contribution in [0.2, 0.25) is 0 Å². The van der Waals surface area contributed by atoms with Crippen LogP contribution in [0.3, 0.4) is 0 Å². The number of amides is 1. The van der Waals surface area contributed by atoms with Crippen LogP contribution < -0.4 is 0 Å². The molecular formula is C11H19NO3. The molecule has 1 aliphatic rings. The van der Waals surface area contributed by atoms with Gasteiger partial charge in [-0.1, -0.05) is 20.8 Å². The van der Waals surface area contributed by atoms with Gasteiger partial charge in [0, 0.05) is 18.5 Å². The number of Topliss-reactive ketones (excluding diaryl/α,β-unsaturated/α-hetero) is 1. The van der Waals surface area contributed by atoms with Crippen molar-refractivity contribution in [1.82, 2.24) is 4.90 Å². The highest BCUT2D eigenvalue weighted by molar-refractivity contribution is 6.00. The van der Waals surface area contributed by atoms with Crippen molar-refractivity contribution in [1.29, 1.82) is 0 Å². The van der Waals surface area contributed by atoms with E-state index >= 15 is 0 Å². The third-order valence-electron chi connectivity index (χ3n) is 2.51. The van der Waals surface area contributed by atoms with Crippen LogP contribution in [-0.4, -0.2) is 42.9 Å². The molecule has 0 radical (unpaired) electrons. The van der Waals surface area contributed by atoms with Crippen molar-refractivity contribution in [2.45, 2.75) is 27.2 Å². The summed E-state index contributed by atoms with van der Waals surface area (Å²) in [7, 11) is 0. The Morgan fingerprint density at radius 2 is 1.73 bits per heavy atom. The summed E-state index contributed by atoms with van der Waals surface area (Å²) in [6.07, 6.45) is 0.0174. The van der Waals surface area contributed by atoms with Crippen molar-refractivity contribution >= 4 is 11.7 Å². The molecule has 0 saturated carbocycles. The van der Waals surface area contributed by atoms with E-state index in [4.69, 9.17) is 4.74 Å². The lowest BCUT2D eigenvalue weighted by Gasteiger charge is -2.27. The molecule has 0 aliphatic carbocycles. The lowest BCUT2D eigenvalue weighted by molar-refractivity contribution is -0.141. The number of hydrogen-bond donors (Lipinski definition) is 0. The number of morpholine rings is 1. The van der Waals surface area contributed by atoms with Crippen LogP contribution >= 0.6 is 0 Å². The van der Waals surface area contributed by atoms with Gasteiger partial charge in [0.25, 0.3) is 0 Å². The Kier molecular flexibility index (Phi) is 3.85. The zero-order valence-corrected chi connectivity index (χ0v) is 9.71. The van der Waals surface area contributed by atoms with Crippen LogP contribution in [0.5, 0.6) is 0 Å². The molecule has 1 heterocycles. The molecule has 0 aromatic carbocycles. The lowest BCUT2D eigenvalue weighted by Crippen LogP contribution is -2.42. The molecule has 0 aromatic rings. The summed E-state index contributed by atoms with van der Waals surface area (Å²) in [5, 5.41) is 0. The second-order valence-corrected chi connectivity index (χ2v) is 4.84. The molecule has 1 fully saturated rings. The van der Waals surface area contributed by atoms with E-state index in [2.05, 4.69) is 0 Å². The van der Waals surface area contributed by atoms with Gasteiger partial charge in [0.05, 0.1) is 19.6 Å². The Balaban J connectivity index is 2.44. The lowest BCUT2D eigenvalue weighted by atomic mass is 9.89. The normalized spacial score (nSPS) is 17.7. The van der Waals surface area contributed by atoms with Crippen molar-refractivity contribution in [2.24, 2.45) is 5.41 Å². The standard InChI is InChI=1S/C11H19NO3/c1-11(2,3)9(13)8-10(14)12-4-6-15-7-5-12/h4-8H2,1-3H3. The van der Waals surface area contributed by atoms with Crippen molar-refractivity contribution in [3.63, 3.8) is 0 Å². The Labute approximate surface area is 90.6 Å². The summed E-state index contributed by atoms with van der Waals surface area (Å²) in [5.74, 6) is -0.0720. The topological polar surface area (TPSA) is 46.6 Å². The maximum Gasteiger partial charge on any atom is 0.230 e. The highest BCUT2D eigenvalue weighted by Gasteiger charge is 2.26. The molecule has 1 aliphatic heterocycles. The molecule has 86 valence electrons. The molecule has 0 spiro atoms. The summed E-state index contributed by atoms with van der Waals surface area (Å²) >= 11 is 0. The summed E-state index contributed by atoms with van der Waals surface area (Å²) < 4.78 is 5.14. The number of carbonyl (C=O) groups is 2. The predicted octanol–water partition coefficient (Wildman–Crippen LogP) is 0.851. The Morgan fingerprint density at radius 1 is 1.20 bits per heavy atom. The first-order valence-electron chi connectivity index (χ1n) is 5.30. The number of rotatable bonds is 2. The first kappa shape index (κ1) is 12.2. The van der Waals surface area contributed by atoms with Gasteiger partial charge in [-0.2, -0.15) is 0 Å². The molecule has 1 rings (SSSR count). The van der Waals surface area contributed by atoms with Gasteiger partial charge in [-0.25, -0.2) is 0 Å². The first-order chi connectivity index (χ1) is 6.91. The Bertz CT molecular complexity index is 249. The largest absolute Gasteiger partial charge is 0.378 e. The SMILES string of the molecule is CC(C)(C)C(=O)CC(=O)N1CCOCC1. The van der Waals surface area contributed by atoms with Crippen molar-refractivity contribution < 1.29 is 14.3 Å². The summed E-state index contributed by atoms with van der Waals surface area (Å²) in [4.78, 5) is 25.0. The highest BCUT2D eigenvalue weighted by Crippen LogP contribution is 2.17. The summed E-state index contributed by atoms with van der Waals surface area (Å²) in [6.45, 7) is 7.88. The fourth-order valence-electron chi connectivity index (χ4n) is 1.33. The molecule has 15 heavy (non-hydrogen) atoms. The first-order valence-corrected chi connectivity index (χ1v) is 5.30. The minimum atomic E-state index is -0.429. The van der Waals surface area contributed by atoms with Crippen LogP contribution in [0.25, 0.3) is 0 Å². The van der Waals surface area contributed by atoms with Crippen molar-refractivity contribution in [3.8, 4) is 0 Å². The summed E-state index contributed by atoms with van der Waals surface area (Å²) in [5.41, 5.74) is -0.429. The smallest absolute Gasteiger partial charge is 0.230 e. The van der Waals surface area contributed by atoms with E-state index in [1.165, 1.54) is 0 Å². The number of ether oxygens (including phenoxy) is 1. The van der Waals surface area contributed by atoms with Crippen LogP contribution in [0.4, 0.5) is 0 Å². The molecular weight excluding hydrogens is 194 g/mol. The Morgan fingerprint density at radius 3 is 2.20 bits per heavy atom. The van der Waals surface area contributed by atoms with Gasteiger partial charge in [-0.15, -0.1) is 0 Å². The monoisotopic (exact) mass is 213 g/mol. The highest BCUT2D eigenvalue weighted by atomic mass is 16.5. The van der Waals surface area contributed by atoms with Crippen LogP contribution in [0.15, 0.2) is 0 Å². The second kappa shape index (κ2) is 4.75. The van der Waals surface area contributed by atoms with Gasteiger partial charge in [-0.05, 0) is 0 Å². The molecule has 1 amide bonds. The van der Waals surface area contributed by atoms with Crippen LogP contribution in [0, 0.1) is 5.41 Å². The van der Waals surface area contributed by atoms with Gasteiger partial charge >= 0.3 is 0 Å². The number of nitrogens with zero attached hydrogens (tertiary/aromatic N) is 1. The van der Waals surface area contributed by atoms with Gasteiger partial charge in [-0.3, -0.25) is 9.59 Å². The second-order valence-electron chi connectivity index (χ2n) is 4.84. The van der Waals surface area contributed by atoms with Gasteiger partial charge < -0.3 is 9.64 Å². The van der Waals surface area contributed by atoms with E-state index in [0.717, 1.165) is 0 Å². The predicted molar refractivity (Wildman–Crippen MR) is 56.5 cm³/mol. The third-order valence-corrected chi connectivity index (χ3v) is 2.51. The molecule has 4 nitrogen and oxygen atoms in total. The maximum absolute atomic E-state index is 11.7. The zero-order chi connectivity index (χ0) is 11.5. The average Bonchev–Trinajstić information content (AvgIpc) is 2.17. The molecule has 0 atom stereocenters. The number of ketones is 1. The molecule has 0 N–H and O–H groups in total. The molecule has 0 unspecified atom stereocenters. The van der Waals surface area contributed by atoms with Crippen LogP contribution in [0.1, 0.15) is 27.2 Å². The average molecular weight is 213 g/mol. The van der Waals surface area contributed by atoms with Crippen molar-refractivity contribution in [3.05, 3.63) is 0 Å². The van der Waals surface area contributed by atoms with E-state index in [1.807, 2.05) is 20.8 Å². The quantitative estimate of drug-likeness (QED) is 0.639. The van der Waals surface area contributed by atoms with Crippen molar-refractivity contribution in [2.75, 3.05) is 26.3 Å². The third kappa shape index (κ3) is 3.63. The molecule has 0 aromatic heterocycles. The van der Waals surface area contributed by atoms with E-state index in [0.29, 0.717) is 26.3 Å². The minimum Gasteiger partial charge on any atom is -0.378 e. The minimum absolute atomic E-state index is 0.000933. The fraction of sp³-hybridized carbons (Fsp3) is 0.818. The summed E-state index contributed by atoms with van der Waals surface area (Å²) in [6, 6.07) is 0. The van der Waals surface area contributed by atoms with E-state index in [1.54, 1.807) is 4.90 Å². The fourth-order valence-corrected chi connectivity index (χ4v) is 1.33. The zero-order valence-electron chi connectivity index (χ0n) is 9.71. The molecule has 4 heteroatoms. The van der Waals surface area contributed by atoms with E-state index < -0.39 is 5.41 Å². The number of carbonyl (C=O) groups excluding carboxylic acids is 2. The number of hydrogen-bond acceptors (Lipinski definition) is 3.